The number of nitrogens with zero attached hydrogens (tertiary/aromatic N) is 2. The highest BCUT2D eigenvalue weighted by Crippen LogP contribution is 2.19. The van der Waals surface area contributed by atoms with Crippen LogP contribution in [0.15, 0.2) is 47.1 Å². The largest absolute Gasteiger partial charge is 0.459 e. The van der Waals surface area contributed by atoms with E-state index in [2.05, 4.69) is 4.90 Å². The van der Waals surface area contributed by atoms with Crippen LogP contribution >= 0.6 is 11.6 Å². The molecule has 23 heavy (non-hydrogen) atoms. The van der Waals surface area contributed by atoms with Crippen LogP contribution in [0.3, 0.4) is 0 Å². The van der Waals surface area contributed by atoms with Gasteiger partial charge in [-0.3, -0.25) is 9.69 Å². The Labute approximate surface area is 140 Å². The molecule has 1 N–H and O–H groups in total. The second-order valence-electron chi connectivity index (χ2n) is 5.64. The fraction of sp³-hybridized carbons (Fsp3) is 0.353. The van der Waals surface area contributed by atoms with Crippen molar-refractivity contribution in [3.63, 3.8) is 0 Å². The molecular formula is C17H19ClN2O3. The zero-order chi connectivity index (χ0) is 16.2. The molecule has 3 rings (SSSR count). The lowest BCUT2D eigenvalue weighted by Gasteiger charge is -2.35. The number of aliphatic hydroxyl groups is 1. The van der Waals surface area contributed by atoms with E-state index in [-0.39, 0.29) is 5.91 Å². The van der Waals surface area contributed by atoms with E-state index in [4.69, 9.17) is 16.0 Å². The molecule has 2 heterocycles. The zero-order valence-corrected chi connectivity index (χ0v) is 13.4. The highest BCUT2D eigenvalue weighted by Gasteiger charge is 2.24. The van der Waals surface area contributed by atoms with Crippen molar-refractivity contribution in [3.8, 4) is 0 Å². The van der Waals surface area contributed by atoms with E-state index >= 15 is 0 Å². The number of hydrogen-bond acceptors (Lipinski definition) is 4. The van der Waals surface area contributed by atoms with E-state index < -0.39 is 6.10 Å². The van der Waals surface area contributed by atoms with Crippen LogP contribution in [0, 0.1) is 0 Å². The van der Waals surface area contributed by atoms with E-state index in [1.54, 1.807) is 29.2 Å². The lowest BCUT2D eigenvalue weighted by atomic mass is 10.1. The van der Waals surface area contributed by atoms with Crippen LogP contribution in [0.1, 0.15) is 22.2 Å². The van der Waals surface area contributed by atoms with Crippen LogP contribution in [-0.4, -0.2) is 53.5 Å². The van der Waals surface area contributed by atoms with Gasteiger partial charge in [0.2, 0.25) is 0 Å². The van der Waals surface area contributed by atoms with Crippen molar-refractivity contribution in [3.05, 3.63) is 59.0 Å². The summed E-state index contributed by atoms with van der Waals surface area (Å²) >= 11 is 5.96. The minimum absolute atomic E-state index is 0.0787. The molecule has 1 amide bonds. The fourth-order valence-corrected chi connectivity index (χ4v) is 2.95. The molecule has 1 aromatic heterocycles. The maximum absolute atomic E-state index is 12.2. The van der Waals surface area contributed by atoms with Gasteiger partial charge in [0, 0.05) is 37.7 Å². The second kappa shape index (κ2) is 7.17. The summed E-state index contributed by atoms with van der Waals surface area (Å²) in [5, 5.41) is 10.9. The van der Waals surface area contributed by atoms with Gasteiger partial charge in [-0.05, 0) is 29.8 Å². The molecule has 0 spiro atoms. The van der Waals surface area contributed by atoms with Gasteiger partial charge in [-0.2, -0.15) is 0 Å². The molecule has 2 aromatic rings. The Morgan fingerprint density at radius 2 is 2.00 bits per heavy atom. The third-order valence-electron chi connectivity index (χ3n) is 4.06. The van der Waals surface area contributed by atoms with Gasteiger partial charge >= 0.3 is 0 Å². The Morgan fingerprint density at radius 3 is 2.65 bits per heavy atom. The number of aliphatic hydroxyl groups excluding tert-OH is 1. The lowest BCUT2D eigenvalue weighted by molar-refractivity contribution is 0.0503. The van der Waals surface area contributed by atoms with Gasteiger partial charge in [-0.25, -0.2) is 0 Å². The minimum atomic E-state index is -0.582. The molecule has 122 valence electrons. The third-order valence-corrected chi connectivity index (χ3v) is 4.29. The predicted molar refractivity (Wildman–Crippen MR) is 87.5 cm³/mol. The minimum Gasteiger partial charge on any atom is -0.459 e. The van der Waals surface area contributed by atoms with Gasteiger partial charge in [-0.15, -0.1) is 0 Å². The summed E-state index contributed by atoms with van der Waals surface area (Å²) in [6.07, 6.45) is 0.922. The number of β-amino-alcohol motifs (C(OH)–C–C–N with tert-alkyl or cyclic N) is 1. The van der Waals surface area contributed by atoms with Crippen molar-refractivity contribution < 1.29 is 14.3 Å². The molecule has 6 heteroatoms. The van der Waals surface area contributed by atoms with E-state index in [9.17, 15) is 9.90 Å². The smallest absolute Gasteiger partial charge is 0.289 e. The van der Waals surface area contributed by atoms with E-state index in [1.807, 2.05) is 12.1 Å². The van der Waals surface area contributed by atoms with Gasteiger partial charge in [-0.1, -0.05) is 23.7 Å². The normalized spacial score (nSPS) is 17.2. The average Bonchev–Trinajstić information content (AvgIpc) is 3.09. The molecule has 1 aliphatic rings. The first-order valence-electron chi connectivity index (χ1n) is 7.62. The Hall–Kier alpha value is -1.82. The summed E-state index contributed by atoms with van der Waals surface area (Å²) in [7, 11) is 0. The molecule has 1 atom stereocenters. The molecule has 5 nitrogen and oxygen atoms in total. The molecule has 0 aliphatic carbocycles. The summed E-state index contributed by atoms with van der Waals surface area (Å²) in [6.45, 7) is 3.24. The Morgan fingerprint density at radius 1 is 1.22 bits per heavy atom. The number of benzene rings is 1. The first-order valence-corrected chi connectivity index (χ1v) is 8.00. The number of hydrogen-bond donors (Lipinski definition) is 1. The predicted octanol–water partition coefficient (Wildman–Crippen LogP) is 2.42. The van der Waals surface area contributed by atoms with Gasteiger partial charge < -0.3 is 14.4 Å². The van der Waals surface area contributed by atoms with Crippen molar-refractivity contribution in [1.29, 1.82) is 0 Å². The molecule has 1 fully saturated rings. The highest BCUT2D eigenvalue weighted by atomic mass is 35.5. The highest BCUT2D eigenvalue weighted by molar-refractivity contribution is 6.30. The van der Waals surface area contributed by atoms with Crippen molar-refractivity contribution in [1.82, 2.24) is 9.80 Å². The standard InChI is InChI=1S/C17H19ClN2O3/c18-14-4-1-3-13(11-14)15(21)12-19-6-8-20(9-7-19)17(22)16-5-2-10-23-16/h1-5,10-11,15,21H,6-9,12H2. The van der Waals surface area contributed by atoms with Crippen LogP contribution in [0.4, 0.5) is 0 Å². The molecular weight excluding hydrogens is 316 g/mol. The van der Waals surface area contributed by atoms with Crippen molar-refractivity contribution >= 4 is 17.5 Å². The third kappa shape index (κ3) is 3.93. The topological polar surface area (TPSA) is 56.9 Å². The van der Waals surface area contributed by atoms with Crippen molar-refractivity contribution in [2.45, 2.75) is 6.10 Å². The molecule has 1 unspecified atom stereocenters. The number of furan rings is 1. The van der Waals surface area contributed by atoms with Crippen LogP contribution in [0.25, 0.3) is 0 Å². The van der Waals surface area contributed by atoms with Gasteiger partial charge in [0.1, 0.15) is 0 Å². The van der Waals surface area contributed by atoms with Gasteiger partial charge in [0.25, 0.3) is 5.91 Å². The number of amides is 1. The maximum Gasteiger partial charge on any atom is 0.289 e. The molecule has 1 aliphatic heterocycles. The Kier molecular flexibility index (Phi) is 5.00. The zero-order valence-electron chi connectivity index (χ0n) is 12.7. The number of piperazine rings is 1. The summed E-state index contributed by atoms with van der Waals surface area (Å²) in [5.41, 5.74) is 0.812. The number of carbonyl (C=O) groups is 1. The van der Waals surface area contributed by atoms with E-state index in [1.165, 1.54) is 6.26 Å². The van der Waals surface area contributed by atoms with Crippen LogP contribution < -0.4 is 0 Å². The summed E-state index contributed by atoms with van der Waals surface area (Å²) in [5.74, 6) is 0.294. The van der Waals surface area contributed by atoms with Crippen molar-refractivity contribution in [2.24, 2.45) is 0 Å². The van der Waals surface area contributed by atoms with E-state index in [0.29, 0.717) is 30.4 Å². The summed E-state index contributed by atoms with van der Waals surface area (Å²) in [6, 6.07) is 10.7. The first-order chi connectivity index (χ1) is 11.1. The SMILES string of the molecule is O=C(c1ccco1)N1CCN(CC(O)c2cccc(Cl)c2)CC1. The Balaban J connectivity index is 1.52. The number of carbonyl (C=O) groups excluding carboxylic acids is 1. The van der Waals surface area contributed by atoms with Crippen LogP contribution in [0.5, 0.6) is 0 Å². The molecule has 1 aromatic carbocycles. The quantitative estimate of drug-likeness (QED) is 0.933. The van der Waals surface area contributed by atoms with Crippen LogP contribution in [0.2, 0.25) is 5.02 Å². The number of halogens is 1. The summed E-state index contributed by atoms with van der Waals surface area (Å²) < 4.78 is 5.15. The van der Waals surface area contributed by atoms with Gasteiger partial charge in [0.15, 0.2) is 5.76 Å². The van der Waals surface area contributed by atoms with Crippen LogP contribution in [-0.2, 0) is 0 Å². The second-order valence-corrected chi connectivity index (χ2v) is 6.08. The molecule has 0 bridgehead atoms. The maximum atomic E-state index is 12.2. The Bertz CT molecular complexity index is 652. The summed E-state index contributed by atoms with van der Waals surface area (Å²) in [4.78, 5) is 16.1. The van der Waals surface area contributed by atoms with Crippen molar-refractivity contribution in [2.75, 3.05) is 32.7 Å². The van der Waals surface area contributed by atoms with Gasteiger partial charge in [0.05, 0.1) is 12.4 Å². The first kappa shape index (κ1) is 16.1. The monoisotopic (exact) mass is 334 g/mol. The average molecular weight is 335 g/mol. The molecule has 1 saturated heterocycles. The van der Waals surface area contributed by atoms with E-state index in [0.717, 1.165) is 18.7 Å². The molecule has 0 radical (unpaired) electrons. The fourth-order valence-electron chi connectivity index (χ4n) is 2.75. The number of rotatable bonds is 4. The molecule has 0 saturated carbocycles. The lowest BCUT2D eigenvalue weighted by Crippen LogP contribution is -2.49.